The van der Waals surface area contributed by atoms with Gasteiger partial charge in [-0.05, 0) is 66.8 Å². The van der Waals surface area contributed by atoms with Crippen molar-refractivity contribution in [2.24, 2.45) is 35.5 Å². The molecule has 0 unspecified atom stereocenters. The summed E-state index contributed by atoms with van der Waals surface area (Å²) in [5.74, 6) is 0.698. The number of carbonyl (C=O) groups excluding carboxylic acids is 3. The van der Waals surface area contributed by atoms with Crippen molar-refractivity contribution in [3.8, 4) is 5.75 Å². The predicted molar refractivity (Wildman–Crippen MR) is 127 cm³/mol. The second-order valence-corrected chi connectivity index (χ2v) is 9.85. The molecule has 7 atom stereocenters. The van der Waals surface area contributed by atoms with Gasteiger partial charge in [-0.25, -0.2) is 0 Å². The van der Waals surface area contributed by atoms with Gasteiger partial charge in [-0.1, -0.05) is 42.5 Å². The molecule has 0 aromatic heterocycles. The van der Waals surface area contributed by atoms with E-state index >= 15 is 0 Å². The number of allylic oxidation sites excluding steroid dienone is 2. The van der Waals surface area contributed by atoms with Gasteiger partial charge < -0.3 is 10.1 Å². The van der Waals surface area contributed by atoms with E-state index in [4.69, 9.17) is 4.74 Å². The fraction of sp³-hybridized carbons (Fsp3) is 0.393. The highest BCUT2D eigenvalue weighted by Gasteiger charge is 2.67. The number of hydrogen-bond acceptors (Lipinski definition) is 4. The van der Waals surface area contributed by atoms with Gasteiger partial charge >= 0.3 is 0 Å². The number of ether oxygens (including phenoxy) is 1. The molecule has 34 heavy (non-hydrogen) atoms. The largest absolute Gasteiger partial charge is 0.494 e. The first-order chi connectivity index (χ1) is 16.6. The molecule has 6 nitrogen and oxygen atoms in total. The summed E-state index contributed by atoms with van der Waals surface area (Å²) in [4.78, 5) is 42.2. The van der Waals surface area contributed by atoms with Crippen molar-refractivity contribution >= 4 is 23.4 Å². The number of amides is 3. The molecule has 5 aliphatic rings. The van der Waals surface area contributed by atoms with Gasteiger partial charge in [0.2, 0.25) is 17.7 Å². The minimum absolute atomic E-state index is 0.132. The van der Waals surface area contributed by atoms with E-state index < -0.39 is 6.04 Å². The number of benzene rings is 2. The maximum Gasteiger partial charge on any atom is 0.248 e. The topological polar surface area (TPSA) is 75.7 Å². The lowest BCUT2D eigenvalue weighted by molar-refractivity contribution is -0.146. The Morgan fingerprint density at radius 3 is 2.18 bits per heavy atom. The lowest BCUT2D eigenvalue weighted by Gasteiger charge is -2.37. The fourth-order valence-corrected chi connectivity index (χ4v) is 6.45. The summed E-state index contributed by atoms with van der Waals surface area (Å²) in [5, 5.41) is 2.93. The third-order valence-corrected chi connectivity index (χ3v) is 8.02. The Kier molecular flexibility index (Phi) is 5.05. The molecule has 4 aliphatic carbocycles. The molecule has 1 heterocycles. The molecule has 3 fully saturated rings. The lowest BCUT2D eigenvalue weighted by Crippen LogP contribution is -2.49. The molecule has 1 N–H and O–H groups in total. The van der Waals surface area contributed by atoms with Crippen LogP contribution < -0.4 is 10.1 Å². The quantitative estimate of drug-likeness (QED) is 0.509. The van der Waals surface area contributed by atoms with Crippen molar-refractivity contribution < 1.29 is 19.1 Å². The monoisotopic (exact) mass is 456 g/mol. The average molecular weight is 457 g/mol. The standard InChI is InChI=1S/C28H28N2O4/c1-2-34-18-10-8-17(9-11-18)29-26(31)23(14-16-6-4-3-5-7-16)30-27(32)24-19-12-13-20(22-15-21(19)22)25(24)28(30)33/h3-13,19-25H,2,14-15H2,1H3,(H,29,31)/t19-,20-,21-,22+,23-,24-,25+/m0/s1. The van der Waals surface area contributed by atoms with Gasteiger partial charge in [0.1, 0.15) is 11.8 Å². The first-order valence-electron chi connectivity index (χ1n) is 12.2. The van der Waals surface area contributed by atoms with Crippen molar-refractivity contribution in [2.45, 2.75) is 25.8 Å². The number of carbonyl (C=O) groups is 3. The van der Waals surface area contributed by atoms with Crippen LogP contribution in [0.25, 0.3) is 0 Å². The summed E-state index contributed by atoms with van der Waals surface area (Å²) in [6.45, 7) is 2.47. The molecule has 174 valence electrons. The van der Waals surface area contributed by atoms with E-state index in [-0.39, 0.29) is 47.8 Å². The van der Waals surface area contributed by atoms with Crippen molar-refractivity contribution in [3.05, 3.63) is 72.3 Å². The number of nitrogens with zero attached hydrogens (tertiary/aromatic N) is 1. The number of likely N-dealkylation sites (tertiary alicyclic amines) is 1. The van der Waals surface area contributed by atoms with Gasteiger partial charge in [0.25, 0.3) is 0 Å². The Morgan fingerprint density at radius 1 is 0.971 bits per heavy atom. The van der Waals surface area contributed by atoms with Crippen molar-refractivity contribution in [1.82, 2.24) is 4.90 Å². The molecular weight excluding hydrogens is 428 g/mol. The van der Waals surface area contributed by atoms with E-state index in [9.17, 15) is 14.4 Å². The predicted octanol–water partition coefficient (Wildman–Crippen LogP) is 3.69. The lowest BCUT2D eigenvalue weighted by atomic mass is 9.63. The smallest absolute Gasteiger partial charge is 0.248 e. The highest BCUT2D eigenvalue weighted by molar-refractivity contribution is 6.10. The van der Waals surface area contributed by atoms with E-state index in [2.05, 4.69) is 17.5 Å². The average Bonchev–Trinajstić information content (AvgIpc) is 3.63. The molecule has 6 heteroatoms. The molecule has 0 spiro atoms. The van der Waals surface area contributed by atoms with Crippen LogP contribution in [0.1, 0.15) is 18.9 Å². The molecule has 2 saturated carbocycles. The van der Waals surface area contributed by atoms with E-state index in [1.165, 1.54) is 4.90 Å². The van der Waals surface area contributed by atoms with Gasteiger partial charge in [-0.15, -0.1) is 0 Å². The molecule has 2 aromatic carbocycles. The van der Waals surface area contributed by atoms with Crippen LogP contribution >= 0.6 is 0 Å². The van der Waals surface area contributed by atoms with Crippen molar-refractivity contribution in [1.29, 1.82) is 0 Å². The normalized spacial score (nSPS) is 31.1. The molecule has 2 bridgehead atoms. The number of nitrogens with one attached hydrogen (secondary N) is 1. The van der Waals surface area contributed by atoms with E-state index in [0.29, 0.717) is 24.1 Å². The SMILES string of the molecule is CCOc1ccc(NC(=O)[C@H](Cc2ccccc2)N2C(=O)[C@@H]3[C@H]4C=C[C@@H]([C@@H]5C[C@H]45)[C@@H]3C2=O)cc1. The Balaban J connectivity index is 1.29. The highest BCUT2D eigenvalue weighted by atomic mass is 16.5. The van der Waals surface area contributed by atoms with Crippen LogP contribution in [0.15, 0.2) is 66.7 Å². The zero-order valence-corrected chi connectivity index (χ0v) is 19.1. The van der Waals surface area contributed by atoms with Crippen LogP contribution in [0.4, 0.5) is 5.69 Å². The minimum Gasteiger partial charge on any atom is -0.494 e. The Morgan fingerprint density at radius 2 is 1.59 bits per heavy atom. The van der Waals surface area contributed by atoms with Crippen LogP contribution in [-0.2, 0) is 20.8 Å². The zero-order valence-electron chi connectivity index (χ0n) is 19.1. The second kappa shape index (κ2) is 8.12. The number of imide groups is 1. The van der Waals surface area contributed by atoms with Crippen LogP contribution in [0, 0.1) is 35.5 Å². The van der Waals surface area contributed by atoms with Crippen molar-refractivity contribution in [3.63, 3.8) is 0 Å². The van der Waals surface area contributed by atoms with Crippen LogP contribution in [0.5, 0.6) is 5.75 Å². The summed E-state index contributed by atoms with van der Waals surface area (Å²) >= 11 is 0. The second-order valence-electron chi connectivity index (χ2n) is 9.85. The van der Waals surface area contributed by atoms with Crippen molar-refractivity contribution in [2.75, 3.05) is 11.9 Å². The van der Waals surface area contributed by atoms with Crippen LogP contribution in [-0.4, -0.2) is 35.3 Å². The first kappa shape index (κ1) is 21.1. The van der Waals surface area contributed by atoms with E-state index in [1.54, 1.807) is 24.3 Å². The summed E-state index contributed by atoms with van der Waals surface area (Å²) in [6.07, 6.45) is 5.71. The molecule has 1 aliphatic heterocycles. The minimum atomic E-state index is -0.893. The summed E-state index contributed by atoms with van der Waals surface area (Å²) in [7, 11) is 0. The number of anilines is 1. The molecule has 3 amide bonds. The molecule has 1 saturated heterocycles. The number of hydrogen-bond donors (Lipinski definition) is 1. The van der Waals surface area contributed by atoms with Crippen LogP contribution in [0.2, 0.25) is 0 Å². The fourth-order valence-electron chi connectivity index (χ4n) is 6.45. The number of rotatable bonds is 7. The van der Waals surface area contributed by atoms with Gasteiger partial charge in [-0.3, -0.25) is 19.3 Å². The third-order valence-electron chi connectivity index (χ3n) is 8.02. The van der Waals surface area contributed by atoms with Gasteiger partial charge in [-0.2, -0.15) is 0 Å². The molecular formula is C28H28N2O4. The van der Waals surface area contributed by atoms with Crippen LogP contribution in [0.3, 0.4) is 0 Å². The van der Waals surface area contributed by atoms with E-state index in [1.807, 2.05) is 37.3 Å². The van der Waals surface area contributed by atoms with E-state index in [0.717, 1.165) is 17.7 Å². The maximum atomic E-state index is 13.7. The Hall–Kier alpha value is -3.41. The molecule has 7 rings (SSSR count). The maximum absolute atomic E-state index is 13.7. The highest BCUT2D eigenvalue weighted by Crippen LogP contribution is 2.65. The summed E-state index contributed by atoms with van der Waals surface area (Å²) < 4.78 is 5.48. The molecule has 2 aromatic rings. The molecule has 0 radical (unpaired) electrons. The summed E-state index contributed by atoms with van der Waals surface area (Å²) in [5.41, 5.74) is 1.51. The van der Waals surface area contributed by atoms with Gasteiger partial charge in [0.15, 0.2) is 0 Å². The van der Waals surface area contributed by atoms with Gasteiger partial charge in [0.05, 0.1) is 18.4 Å². The third kappa shape index (κ3) is 3.35. The Bertz CT molecular complexity index is 1120. The zero-order chi connectivity index (χ0) is 23.4. The first-order valence-corrected chi connectivity index (χ1v) is 12.2. The Labute approximate surface area is 199 Å². The summed E-state index contributed by atoms with van der Waals surface area (Å²) in [6, 6.07) is 15.8. The van der Waals surface area contributed by atoms with Gasteiger partial charge in [0, 0.05) is 12.1 Å².